The predicted octanol–water partition coefficient (Wildman–Crippen LogP) is 2.51. The number of rotatable bonds is 3. The van der Waals surface area contributed by atoms with Crippen molar-refractivity contribution < 1.29 is 32.2 Å². The third-order valence-electron chi connectivity index (χ3n) is 2.21. The number of carbonyl (C=O) groups is 1. The van der Waals surface area contributed by atoms with E-state index in [-0.39, 0.29) is 5.56 Å². The van der Waals surface area contributed by atoms with Gasteiger partial charge in [0, 0.05) is 0 Å². The maximum atomic E-state index is 12.8. The van der Waals surface area contributed by atoms with E-state index in [1.54, 1.807) is 0 Å². The van der Waals surface area contributed by atoms with Crippen LogP contribution < -0.4 is 9.47 Å². The molecule has 0 spiro atoms. The van der Waals surface area contributed by atoms with Crippen LogP contribution in [0.5, 0.6) is 11.5 Å². The number of esters is 1. The zero-order valence-corrected chi connectivity index (χ0v) is 9.92. The van der Waals surface area contributed by atoms with Gasteiger partial charge in [0.15, 0.2) is 0 Å². The van der Waals surface area contributed by atoms with E-state index in [4.69, 9.17) is 0 Å². The van der Waals surface area contributed by atoms with E-state index in [2.05, 4.69) is 14.2 Å². The van der Waals surface area contributed by atoms with Crippen LogP contribution in [0.1, 0.15) is 15.9 Å². The summed E-state index contributed by atoms with van der Waals surface area (Å²) in [5.74, 6) is -1.77. The molecule has 1 aromatic carbocycles. The zero-order chi connectivity index (χ0) is 13.9. The van der Waals surface area contributed by atoms with Crippen LogP contribution in [0.15, 0.2) is 12.1 Å². The molecule has 0 bridgehead atoms. The first-order chi connectivity index (χ1) is 8.35. The van der Waals surface area contributed by atoms with Crippen LogP contribution >= 0.6 is 0 Å². The number of ether oxygens (including phenoxy) is 3. The molecule has 0 aliphatic rings. The fraction of sp³-hybridized carbons (Fsp3) is 0.364. The molecule has 0 aliphatic heterocycles. The Bertz CT molecular complexity index is 429. The highest BCUT2D eigenvalue weighted by Crippen LogP contribution is 2.43. The Balaban J connectivity index is 3.49. The molecule has 0 radical (unpaired) electrons. The average Bonchev–Trinajstić information content (AvgIpc) is 2.34. The highest BCUT2D eigenvalue weighted by molar-refractivity contribution is 5.90. The smallest absolute Gasteiger partial charge is 0.423 e. The van der Waals surface area contributed by atoms with Gasteiger partial charge in [0.2, 0.25) is 0 Å². The van der Waals surface area contributed by atoms with E-state index >= 15 is 0 Å². The molecule has 7 heteroatoms. The molecule has 0 saturated carbocycles. The summed E-state index contributed by atoms with van der Waals surface area (Å²) in [6.07, 6.45) is -4.65. The lowest BCUT2D eigenvalue weighted by molar-refractivity contribution is -0.140. The van der Waals surface area contributed by atoms with Crippen molar-refractivity contribution in [2.24, 2.45) is 0 Å². The molecule has 1 rings (SSSR count). The third-order valence-corrected chi connectivity index (χ3v) is 2.21. The third kappa shape index (κ3) is 2.66. The minimum Gasteiger partial charge on any atom is -0.496 e. The molecular weight excluding hydrogens is 253 g/mol. The van der Waals surface area contributed by atoms with Crippen LogP contribution in [-0.2, 0) is 10.9 Å². The van der Waals surface area contributed by atoms with Crippen molar-refractivity contribution in [3.8, 4) is 11.5 Å². The highest BCUT2D eigenvalue weighted by Gasteiger charge is 2.39. The van der Waals surface area contributed by atoms with Crippen molar-refractivity contribution in [1.82, 2.24) is 0 Å². The first kappa shape index (κ1) is 14.1. The average molecular weight is 264 g/mol. The zero-order valence-electron chi connectivity index (χ0n) is 9.92. The Kier molecular flexibility index (Phi) is 4.05. The van der Waals surface area contributed by atoms with E-state index in [1.165, 1.54) is 0 Å². The van der Waals surface area contributed by atoms with Crippen LogP contribution in [-0.4, -0.2) is 27.3 Å². The fourth-order valence-electron chi connectivity index (χ4n) is 1.43. The van der Waals surface area contributed by atoms with Gasteiger partial charge in [-0.3, -0.25) is 0 Å². The Morgan fingerprint density at radius 1 is 1.06 bits per heavy atom. The predicted molar refractivity (Wildman–Crippen MR) is 55.9 cm³/mol. The van der Waals surface area contributed by atoms with Crippen LogP contribution in [0, 0.1) is 0 Å². The molecule has 0 atom stereocenters. The van der Waals surface area contributed by atoms with Crippen LogP contribution in [0.4, 0.5) is 13.2 Å². The fourth-order valence-corrected chi connectivity index (χ4v) is 1.43. The summed E-state index contributed by atoms with van der Waals surface area (Å²) < 4.78 is 52.2. The maximum Gasteiger partial charge on any atom is 0.423 e. The minimum absolute atomic E-state index is 0.0841. The molecular formula is C11H11F3O4. The molecule has 0 heterocycles. The molecule has 0 aliphatic carbocycles. The number of alkyl halides is 3. The number of carbonyl (C=O) groups excluding carboxylic acids is 1. The van der Waals surface area contributed by atoms with E-state index in [9.17, 15) is 18.0 Å². The van der Waals surface area contributed by atoms with E-state index in [0.29, 0.717) is 0 Å². The monoisotopic (exact) mass is 264 g/mol. The van der Waals surface area contributed by atoms with Gasteiger partial charge in [-0.15, -0.1) is 0 Å². The molecule has 1 aromatic rings. The van der Waals surface area contributed by atoms with Gasteiger partial charge in [0.1, 0.15) is 17.1 Å². The summed E-state index contributed by atoms with van der Waals surface area (Å²) in [6, 6.07) is 1.91. The highest BCUT2D eigenvalue weighted by atomic mass is 19.4. The molecule has 18 heavy (non-hydrogen) atoms. The van der Waals surface area contributed by atoms with Crippen molar-refractivity contribution in [3.63, 3.8) is 0 Å². The maximum absolute atomic E-state index is 12.8. The Morgan fingerprint density at radius 3 is 1.78 bits per heavy atom. The van der Waals surface area contributed by atoms with Gasteiger partial charge >= 0.3 is 12.1 Å². The Labute approximate surface area is 101 Å². The number of hydrogen-bond donors (Lipinski definition) is 0. The normalized spacial score (nSPS) is 11.0. The minimum atomic E-state index is -4.65. The lowest BCUT2D eigenvalue weighted by atomic mass is 10.1. The quantitative estimate of drug-likeness (QED) is 0.787. The van der Waals surface area contributed by atoms with Crippen molar-refractivity contribution >= 4 is 5.97 Å². The first-order valence-electron chi connectivity index (χ1n) is 4.76. The number of methoxy groups -OCH3 is 3. The Hall–Kier alpha value is -1.92. The number of halogens is 3. The topological polar surface area (TPSA) is 44.8 Å². The van der Waals surface area contributed by atoms with Gasteiger partial charge in [0.05, 0.1) is 26.9 Å². The van der Waals surface area contributed by atoms with Crippen molar-refractivity contribution in [2.45, 2.75) is 6.18 Å². The van der Waals surface area contributed by atoms with Gasteiger partial charge in [-0.2, -0.15) is 13.2 Å². The Morgan fingerprint density at radius 2 is 1.50 bits per heavy atom. The largest absolute Gasteiger partial charge is 0.496 e. The first-order valence-corrected chi connectivity index (χ1v) is 4.76. The molecule has 0 unspecified atom stereocenters. The van der Waals surface area contributed by atoms with E-state index < -0.39 is 29.2 Å². The van der Waals surface area contributed by atoms with Gasteiger partial charge < -0.3 is 14.2 Å². The van der Waals surface area contributed by atoms with Crippen LogP contribution in [0.3, 0.4) is 0 Å². The standard InChI is InChI=1S/C11H11F3O4/c1-16-7-4-6(10(15)18-3)5-8(17-2)9(7)11(12,13)14/h4-5H,1-3H3. The summed E-state index contributed by atoms with van der Waals surface area (Å²) in [4.78, 5) is 11.3. The second kappa shape index (κ2) is 5.16. The van der Waals surface area contributed by atoms with Crippen LogP contribution in [0.2, 0.25) is 0 Å². The van der Waals surface area contributed by atoms with E-state index in [1.807, 2.05) is 0 Å². The molecule has 0 aromatic heterocycles. The molecule has 4 nitrogen and oxygen atoms in total. The lowest BCUT2D eigenvalue weighted by Gasteiger charge is -2.16. The van der Waals surface area contributed by atoms with Crippen molar-refractivity contribution in [2.75, 3.05) is 21.3 Å². The summed E-state index contributed by atoms with van der Waals surface area (Å²) in [7, 11) is 3.27. The van der Waals surface area contributed by atoms with Gasteiger partial charge in [-0.05, 0) is 12.1 Å². The molecule has 100 valence electrons. The molecule has 0 N–H and O–H groups in total. The van der Waals surface area contributed by atoms with Crippen molar-refractivity contribution in [1.29, 1.82) is 0 Å². The van der Waals surface area contributed by atoms with E-state index in [0.717, 1.165) is 33.5 Å². The van der Waals surface area contributed by atoms with Gasteiger partial charge in [0.25, 0.3) is 0 Å². The molecule has 0 amide bonds. The SMILES string of the molecule is COC(=O)c1cc(OC)c(C(F)(F)F)c(OC)c1. The second-order valence-electron chi connectivity index (χ2n) is 3.25. The molecule has 0 saturated heterocycles. The summed E-state index contributed by atoms with van der Waals surface area (Å²) in [5.41, 5.74) is -1.15. The number of benzene rings is 1. The summed E-state index contributed by atoms with van der Waals surface area (Å²) in [6.45, 7) is 0. The van der Waals surface area contributed by atoms with Crippen LogP contribution in [0.25, 0.3) is 0 Å². The van der Waals surface area contributed by atoms with Gasteiger partial charge in [-0.1, -0.05) is 0 Å². The lowest BCUT2D eigenvalue weighted by Crippen LogP contribution is -2.12. The second-order valence-corrected chi connectivity index (χ2v) is 3.25. The summed E-state index contributed by atoms with van der Waals surface area (Å²) in [5, 5.41) is 0. The van der Waals surface area contributed by atoms with Gasteiger partial charge in [-0.25, -0.2) is 4.79 Å². The molecule has 0 fully saturated rings. The van der Waals surface area contributed by atoms with Crippen molar-refractivity contribution in [3.05, 3.63) is 23.3 Å². The summed E-state index contributed by atoms with van der Waals surface area (Å²) >= 11 is 0. The number of hydrogen-bond acceptors (Lipinski definition) is 4.